The molecule has 0 aliphatic heterocycles. The number of para-hydroxylation sites is 1. The number of carbonyl (C=O) groups excluding carboxylic acids is 1. The predicted molar refractivity (Wildman–Crippen MR) is 77.2 cm³/mol. The van der Waals surface area contributed by atoms with Crippen LogP contribution in [0.4, 0.5) is 5.69 Å². The highest BCUT2D eigenvalue weighted by Crippen LogP contribution is 2.20. The zero-order valence-corrected chi connectivity index (χ0v) is 12.0. The van der Waals surface area contributed by atoms with E-state index in [1.54, 1.807) is 9.42 Å². The number of aromatic nitrogens is 4. The van der Waals surface area contributed by atoms with Gasteiger partial charge in [0.25, 0.3) is 5.91 Å². The van der Waals surface area contributed by atoms with Gasteiger partial charge in [0.15, 0.2) is 5.82 Å². The fourth-order valence-electron chi connectivity index (χ4n) is 1.97. The third kappa shape index (κ3) is 2.05. The van der Waals surface area contributed by atoms with Crippen molar-refractivity contribution in [1.82, 2.24) is 19.8 Å². The smallest absolute Gasteiger partial charge is 0.289 e. The van der Waals surface area contributed by atoms with Crippen molar-refractivity contribution in [3.8, 4) is 0 Å². The lowest BCUT2D eigenvalue weighted by atomic mass is 10.3. The van der Waals surface area contributed by atoms with E-state index in [4.69, 9.17) is 0 Å². The minimum absolute atomic E-state index is 0.117. The molecule has 7 heteroatoms. The number of hydrogen-bond donors (Lipinski definition) is 0. The van der Waals surface area contributed by atoms with Crippen LogP contribution < -0.4 is 4.90 Å². The molecule has 0 saturated heterocycles. The molecular weight excluding hydrogens is 274 g/mol. The Balaban J connectivity index is 1.97. The van der Waals surface area contributed by atoms with Crippen molar-refractivity contribution in [3.63, 3.8) is 0 Å². The number of aryl methyl sites for hydroxylation is 1. The highest BCUT2D eigenvalue weighted by atomic mass is 32.1. The minimum atomic E-state index is -0.117. The second-order valence-corrected chi connectivity index (χ2v) is 5.19. The third-order valence-electron chi connectivity index (χ3n) is 2.96. The average Bonchev–Trinajstić information content (AvgIpc) is 3.03. The number of nitrogens with zero attached hydrogens (tertiary/aromatic N) is 5. The lowest BCUT2D eigenvalue weighted by molar-refractivity contribution is 0.0987. The third-order valence-corrected chi connectivity index (χ3v) is 3.85. The summed E-state index contributed by atoms with van der Waals surface area (Å²) in [5, 5.41) is 12.6. The van der Waals surface area contributed by atoms with Crippen LogP contribution in [-0.2, 0) is 0 Å². The Bertz CT molecular complexity index is 749. The maximum Gasteiger partial charge on any atom is 0.289 e. The van der Waals surface area contributed by atoms with Crippen molar-refractivity contribution in [3.05, 3.63) is 41.2 Å². The summed E-state index contributed by atoms with van der Waals surface area (Å²) in [4.78, 5) is 14.9. The average molecular weight is 287 g/mol. The van der Waals surface area contributed by atoms with Gasteiger partial charge in [-0.2, -0.15) is 4.52 Å². The summed E-state index contributed by atoms with van der Waals surface area (Å²) in [6.07, 6.45) is 0. The molecule has 0 saturated carbocycles. The predicted octanol–water partition coefficient (Wildman–Crippen LogP) is 2.16. The Morgan fingerprint density at radius 3 is 2.70 bits per heavy atom. The second kappa shape index (κ2) is 5.01. The quantitative estimate of drug-likeness (QED) is 0.740. The first-order chi connectivity index (χ1) is 9.70. The topological polar surface area (TPSA) is 63.4 Å². The molecule has 102 valence electrons. The summed E-state index contributed by atoms with van der Waals surface area (Å²) in [6, 6.07) is 9.57. The zero-order chi connectivity index (χ0) is 14.1. The van der Waals surface area contributed by atoms with Gasteiger partial charge in [0.2, 0.25) is 9.97 Å². The van der Waals surface area contributed by atoms with Crippen LogP contribution in [0, 0.1) is 6.92 Å². The Labute approximate surface area is 119 Å². The lowest BCUT2D eigenvalue weighted by Crippen LogP contribution is -2.30. The molecule has 0 unspecified atom stereocenters. The second-order valence-electron chi connectivity index (χ2n) is 4.23. The van der Waals surface area contributed by atoms with Gasteiger partial charge in [-0.25, -0.2) is 0 Å². The van der Waals surface area contributed by atoms with E-state index in [2.05, 4.69) is 15.3 Å². The molecular formula is C13H13N5OS. The molecule has 0 fully saturated rings. The summed E-state index contributed by atoms with van der Waals surface area (Å²) in [6.45, 7) is 4.33. The van der Waals surface area contributed by atoms with Crippen LogP contribution in [0.25, 0.3) is 4.96 Å². The van der Waals surface area contributed by atoms with Crippen molar-refractivity contribution in [2.75, 3.05) is 11.4 Å². The maximum atomic E-state index is 12.6. The van der Waals surface area contributed by atoms with Crippen LogP contribution >= 0.6 is 11.3 Å². The molecule has 0 bridgehead atoms. The van der Waals surface area contributed by atoms with Crippen LogP contribution in [-0.4, -0.2) is 32.3 Å². The van der Waals surface area contributed by atoms with Gasteiger partial charge in [0.1, 0.15) is 0 Å². The first-order valence-corrected chi connectivity index (χ1v) is 7.08. The van der Waals surface area contributed by atoms with Crippen LogP contribution in [0.2, 0.25) is 0 Å². The molecule has 0 atom stereocenters. The van der Waals surface area contributed by atoms with Gasteiger partial charge in [0.05, 0.1) is 0 Å². The molecule has 3 aromatic rings. The van der Waals surface area contributed by atoms with Crippen LogP contribution in [0.3, 0.4) is 0 Å². The molecule has 0 radical (unpaired) electrons. The molecule has 6 nitrogen and oxygen atoms in total. The highest BCUT2D eigenvalue weighted by Gasteiger charge is 2.21. The zero-order valence-electron chi connectivity index (χ0n) is 11.1. The summed E-state index contributed by atoms with van der Waals surface area (Å²) < 4.78 is 1.59. The number of fused-ring (bicyclic) bond motifs is 1. The minimum Gasteiger partial charge on any atom is -0.307 e. The van der Waals surface area contributed by atoms with E-state index < -0.39 is 0 Å². The number of carbonyl (C=O) groups is 1. The van der Waals surface area contributed by atoms with E-state index >= 15 is 0 Å². The maximum absolute atomic E-state index is 12.6. The molecule has 0 aliphatic rings. The summed E-state index contributed by atoms with van der Waals surface area (Å²) >= 11 is 1.25. The van der Waals surface area contributed by atoms with Gasteiger partial charge in [-0.3, -0.25) is 4.79 Å². The Kier molecular flexibility index (Phi) is 3.19. The first kappa shape index (κ1) is 12.7. The molecule has 0 N–H and O–H groups in total. The van der Waals surface area contributed by atoms with Crippen molar-refractivity contribution < 1.29 is 4.79 Å². The summed E-state index contributed by atoms with van der Waals surface area (Å²) in [5.74, 6) is 0.562. The van der Waals surface area contributed by atoms with Crippen molar-refractivity contribution >= 4 is 27.9 Å². The van der Waals surface area contributed by atoms with E-state index in [1.165, 1.54) is 11.3 Å². The summed E-state index contributed by atoms with van der Waals surface area (Å²) in [7, 11) is 0. The molecule has 0 spiro atoms. The van der Waals surface area contributed by atoms with E-state index in [1.807, 2.05) is 44.2 Å². The SMILES string of the molecule is CCN(C(=O)c1nn2c(C)nnc2s1)c1ccccc1. The Hall–Kier alpha value is -2.28. The molecule has 2 heterocycles. The fraction of sp³-hybridized carbons (Fsp3) is 0.231. The van der Waals surface area contributed by atoms with Gasteiger partial charge in [-0.1, -0.05) is 29.5 Å². The molecule has 0 aliphatic carbocycles. The first-order valence-electron chi connectivity index (χ1n) is 6.26. The van der Waals surface area contributed by atoms with E-state index in [9.17, 15) is 4.79 Å². The monoisotopic (exact) mass is 287 g/mol. The highest BCUT2D eigenvalue weighted by molar-refractivity contribution is 7.18. The van der Waals surface area contributed by atoms with Gasteiger partial charge < -0.3 is 4.90 Å². The summed E-state index contributed by atoms with van der Waals surface area (Å²) in [5.41, 5.74) is 0.864. The lowest BCUT2D eigenvalue weighted by Gasteiger charge is -2.19. The Morgan fingerprint density at radius 1 is 1.30 bits per heavy atom. The van der Waals surface area contributed by atoms with E-state index in [0.29, 0.717) is 22.3 Å². The Morgan fingerprint density at radius 2 is 2.05 bits per heavy atom. The van der Waals surface area contributed by atoms with Gasteiger partial charge in [0, 0.05) is 12.2 Å². The number of anilines is 1. The van der Waals surface area contributed by atoms with Crippen molar-refractivity contribution in [2.24, 2.45) is 0 Å². The van der Waals surface area contributed by atoms with Crippen molar-refractivity contribution in [1.29, 1.82) is 0 Å². The van der Waals surface area contributed by atoms with Crippen LogP contribution in [0.1, 0.15) is 22.6 Å². The number of hydrogen-bond acceptors (Lipinski definition) is 5. The normalized spacial score (nSPS) is 10.9. The molecule has 3 rings (SSSR count). The molecule has 20 heavy (non-hydrogen) atoms. The largest absolute Gasteiger partial charge is 0.307 e. The number of benzene rings is 1. The molecule has 1 amide bonds. The van der Waals surface area contributed by atoms with E-state index in [-0.39, 0.29) is 5.91 Å². The number of amides is 1. The molecule has 2 aromatic heterocycles. The van der Waals surface area contributed by atoms with Crippen LogP contribution in [0.15, 0.2) is 30.3 Å². The van der Waals surface area contributed by atoms with Crippen LogP contribution in [0.5, 0.6) is 0 Å². The standard InChI is InChI=1S/C13H13N5OS/c1-3-17(10-7-5-4-6-8-10)12(19)11-16-18-9(2)14-15-13(18)20-11/h4-8H,3H2,1-2H3. The van der Waals surface area contributed by atoms with Gasteiger partial charge in [-0.05, 0) is 26.0 Å². The van der Waals surface area contributed by atoms with E-state index in [0.717, 1.165) is 5.69 Å². The molecule has 1 aromatic carbocycles. The van der Waals surface area contributed by atoms with Crippen molar-refractivity contribution in [2.45, 2.75) is 13.8 Å². The van der Waals surface area contributed by atoms with Gasteiger partial charge >= 0.3 is 0 Å². The number of rotatable bonds is 3. The van der Waals surface area contributed by atoms with Gasteiger partial charge in [-0.15, -0.1) is 15.3 Å². The fourth-order valence-corrected chi connectivity index (χ4v) is 2.80.